The van der Waals surface area contributed by atoms with Crippen molar-refractivity contribution in [3.05, 3.63) is 0 Å². The van der Waals surface area contributed by atoms with E-state index in [-0.39, 0.29) is 18.4 Å². The van der Waals surface area contributed by atoms with Crippen molar-refractivity contribution < 1.29 is 19.5 Å². The van der Waals surface area contributed by atoms with Gasteiger partial charge in [-0.15, -0.1) is 0 Å². The molecule has 1 saturated carbocycles. The quantitative estimate of drug-likeness (QED) is 0.678. The van der Waals surface area contributed by atoms with E-state index in [1.165, 1.54) is 0 Å². The van der Waals surface area contributed by atoms with Crippen LogP contribution in [0.1, 0.15) is 40.0 Å². The molecule has 120 valence electrons. The summed E-state index contributed by atoms with van der Waals surface area (Å²) in [5.41, 5.74) is 0. The molecule has 4 unspecified atom stereocenters. The largest absolute Gasteiger partial charge is 0.376 e. The highest BCUT2D eigenvalue weighted by atomic mass is 31.2. The predicted molar refractivity (Wildman–Crippen MR) is 80.4 cm³/mol. The third-order valence-corrected chi connectivity index (χ3v) is 6.15. The van der Waals surface area contributed by atoms with Crippen LogP contribution in [0.4, 0.5) is 0 Å². The smallest absolute Gasteiger partial charge is 0.358 e. The van der Waals surface area contributed by atoms with Crippen molar-refractivity contribution in [1.29, 1.82) is 0 Å². The number of hydrogen-bond acceptors (Lipinski definition) is 3. The van der Waals surface area contributed by atoms with Crippen LogP contribution in [-0.4, -0.2) is 45.8 Å². The molecule has 3 N–H and O–H groups in total. The van der Waals surface area contributed by atoms with Gasteiger partial charge in [-0.3, -0.25) is 4.57 Å². The van der Waals surface area contributed by atoms with Gasteiger partial charge < -0.3 is 19.8 Å². The van der Waals surface area contributed by atoms with Crippen molar-refractivity contribution >= 4 is 7.60 Å². The van der Waals surface area contributed by atoms with Crippen LogP contribution in [0.25, 0.3) is 0 Å². The third kappa shape index (κ3) is 3.83. The van der Waals surface area contributed by atoms with Gasteiger partial charge in [0.05, 0.1) is 0 Å². The van der Waals surface area contributed by atoms with E-state index in [1.807, 2.05) is 0 Å². The molecule has 4 atom stereocenters. The SMILES string of the molecule is CC1CCC(C(C)C)C(C(O)(CN(C)C)P(=O)(O)O)C1. The van der Waals surface area contributed by atoms with Gasteiger partial charge in [-0.25, -0.2) is 0 Å². The molecule has 1 rings (SSSR count). The molecule has 0 aromatic heterocycles. The maximum absolute atomic E-state index is 12.0. The van der Waals surface area contributed by atoms with Crippen LogP contribution in [0.5, 0.6) is 0 Å². The van der Waals surface area contributed by atoms with Gasteiger partial charge in [0.1, 0.15) is 0 Å². The first-order valence-electron chi connectivity index (χ1n) is 7.41. The summed E-state index contributed by atoms with van der Waals surface area (Å²) in [5, 5.41) is 8.93. The lowest BCUT2D eigenvalue weighted by molar-refractivity contribution is -0.0447. The fourth-order valence-corrected chi connectivity index (χ4v) is 4.82. The van der Waals surface area contributed by atoms with Crippen LogP contribution < -0.4 is 0 Å². The number of hydrogen-bond donors (Lipinski definition) is 3. The zero-order valence-corrected chi connectivity index (χ0v) is 14.2. The van der Waals surface area contributed by atoms with Crippen molar-refractivity contribution in [2.24, 2.45) is 23.7 Å². The van der Waals surface area contributed by atoms with Gasteiger partial charge in [0, 0.05) is 12.5 Å². The lowest BCUT2D eigenvalue weighted by atomic mass is 9.67. The van der Waals surface area contributed by atoms with Crippen molar-refractivity contribution in [1.82, 2.24) is 4.90 Å². The van der Waals surface area contributed by atoms with Crippen LogP contribution in [0.2, 0.25) is 0 Å². The van der Waals surface area contributed by atoms with Crippen LogP contribution in [0, 0.1) is 23.7 Å². The average Bonchev–Trinajstić information content (AvgIpc) is 2.25. The Bertz CT molecular complexity index is 368. The van der Waals surface area contributed by atoms with E-state index in [0.29, 0.717) is 18.3 Å². The first-order chi connectivity index (χ1) is 8.99. The van der Waals surface area contributed by atoms with E-state index >= 15 is 0 Å². The Morgan fingerprint density at radius 3 is 2.25 bits per heavy atom. The Morgan fingerprint density at radius 2 is 1.85 bits per heavy atom. The zero-order chi connectivity index (χ0) is 15.7. The monoisotopic (exact) mass is 307 g/mol. The van der Waals surface area contributed by atoms with Gasteiger partial charge in [0.2, 0.25) is 0 Å². The normalized spacial score (nSPS) is 31.6. The molecule has 5 nitrogen and oxygen atoms in total. The van der Waals surface area contributed by atoms with E-state index in [1.54, 1.807) is 19.0 Å². The number of nitrogens with zero attached hydrogens (tertiary/aromatic N) is 1. The Balaban J connectivity index is 3.17. The molecule has 1 fully saturated rings. The summed E-state index contributed by atoms with van der Waals surface area (Å²) in [6, 6.07) is 0. The van der Waals surface area contributed by atoms with Crippen molar-refractivity contribution in [2.75, 3.05) is 20.6 Å². The average molecular weight is 307 g/mol. The molecule has 0 bridgehead atoms. The number of likely N-dealkylation sites (N-methyl/N-ethyl adjacent to an activating group) is 1. The Hall–Kier alpha value is 0.0700. The van der Waals surface area contributed by atoms with Gasteiger partial charge >= 0.3 is 7.60 Å². The highest BCUT2D eigenvalue weighted by Crippen LogP contribution is 2.58. The summed E-state index contributed by atoms with van der Waals surface area (Å²) in [5.74, 6) is 0.515. The maximum atomic E-state index is 12.0. The molecular formula is C14H30NO4P. The summed E-state index contributed by atoms with van der Waals surface area (Å²) in [6.07, 6.45) is 2.68. The summed E-state index contributed by atoms with van der Waals surface area (Å²) in [4.78, 5) is 21.2. The minimum Gasteiger partial charge on any atom is -0.376 e. The molecule has 0 aromatic rings. The highest BCUT2D eigenvalue weighted by Gasteiger charge is 2.55. The van der Waals surface area contributed by atoms with E-state index in [0.717, 1.165) is 12.8 Å². The standard InChI is InChI=1S/C14H30NO4P/c1-10(2)12-7-6-11(3)8-13(12)14(16,9-15(4)5)20(17,18)19/h10-13,16H,6-9H2,1-5H3,(H2,17,18,19). The Labute approximate surface area is 122 Å². The molecule has 0 heterocycles. The minimum absolute atomic E-state index is 0.00210. The fraction of sp³-hybridized carbons (Fsp3) is 1.00. The van der Waals surface area contributed by atoms with Gasteiger partial charge in [-0.1, -0.05) is 27.2 Å². The first-order valence-corrected chi connectivity index (χ1v) is 9.03. The lowest BCUT2D eigenvalue weighted by Gasteiger charge is -2.47. The van der Waals surface area contributed by atoms with Gasteiger partial charge in [-0.05, 0) is 44.7 Å². The molecular weight excluding hydrogens is 277 g/mol. The molecule has 0 aliphatic heterocycles. The minimum atomic E-state index is -4.60. The summed E-state index contributed by atoms with van der Waals surface area (Å²) in [6.45, 7) is 6.24. The van der Waals surface area contributed by atoms with E-state index in [9.17, 15) is 19.5 Å². The second kappa shape index (κ2) is 6.45. The van der Waals surface area contributed by atoms with Crippen LogP contribution in [0.3, 0.4) is 0 Å². The van der Waals surface area contributed by atoms with Crippen molar-refractivity contribution in [3.8, 4) is 0 Å². The Morgan fingerprint density at radius 1 is 1.30 bits per heavy atom. The fourth-order valence-electron chi connectivity index (χ4n) is 3.62. The number of rotatable bonds is 5. The van der Waals surface area contributed by atoms with Crippen LogP contribution in [0.15, 0.2) is 0 Å². The third-order valence-electron chi connectivity index (χ3n) is 4.67. The molecule has 1 aliphatic carbocycles. The van der Waals surface area contributed by atoms with Gasteiger partial charge in [-0.2, -0.15) is 0 Å². The summed E-state index contributed by atoms with van der Waals surface area (Å²) < 4.78 is 12.0. The van der Waals surface area contributed by atoms with Crippen molar-refractivity contribution in [2.45, 2.75) is 45.4 Å². The molecule has 6 heteroatoms. The first kappa shape index (κ1) is 18.1. The molecule has 0 spiro atoms. The maximum Gasteiger partial charge on any atom is 0.358 e. The Kier molecular flexibility index (Phi) is 5.84. The van der Waals surface area contributed by atoms with Gasteiger partial charge in [0.15, 0.2) is 5.34 Å². The molecule has 1 aliphatic rings. The second-order valence-electron chi connectivity index (χ2n) is 7.09. The van der Waals surface area contributed by atoms with Gasteiger partial charge in [0.25, 0.3) is 0 Å². The van der Waals surface area contributed by atoms with Crippen LogP contribution in [-0.2, 0) is 4.57 Å². The predicted octanol–water partition coefficient (Wildman–Crippen LogP) is 2.12. The van der Waals surface area contributed by atoms with Crippen LogP contribution >= 0.6 is 7.60 Å². The molecule has 0 radical (unpaired) electrons. The summed E-state index contributed by atoms with van der Waals surface area (Å²) in [7, 11) is -1.13. The number of aliphatic hydroxyl groups is 1. The molecule has 0 aromatic carbocycles. The molecule has 0 saturated heterocycles. The highest BCUT2D eigenvalue weighted by molar-refractivity contribution is 7.53. The van der Waals surface area contributed by atoms with E-state index < -0.39 is 12.9 Å². The van der Waals surface area contributed by atoms with Crippen molar-refractivity contribution in [3.63, 3.8) is 0 Å². The van der Waals surface area contributed by atoms with E-state index in [4.69, 9.17) is 0 Å². The summed E-state index contributed by atoms with van der Waals surface area (Å²) >= 11 is 0. The van der Waals surface area contributed by atoms with E-state index in [2.05, 4.69) is 20.8 Å². The molecule has 0 amide bonds. The zero-order valence-electron chi connectivity index (χ0n) is 13.3. The topological polar surface area (TPSA) is 81.0 Å². The lowest BCUT2D eigenvalue weighted by Crippen LogP contribution is -2.51. The molecule has 20 heavy (non-hydrogen) atoms. The second-order valence-corrected chi connectivity index (χ2v) is 8.96.